The molecule has 4 nitrogen and oxygen atoms in total. The molecule has 1 aliphatic heterocycles. The molecule has 0 radical (unpaired) electrons. The number of carbonyl (C=O) groups excluding carboxylic acids is 1. The SMILES string of the molecule is COc1ccc(/C=C2/N=C(Cc3ccccc3)NC2=O)cc1C. The minimum atomic E-state index is -0.163. The van der Waals surface area contributed by atoms with Gasteiger partial charge in [-0.3, -0.25) is 4.79 Å². The first kappa shape index (κ1) is 15.0. The number of hydrogen-bond acceptors (Lipinski definition) is 3. The van der Waals surface area contributed by atoms with Gasteiger partial charge in [0.25, 0.3) is 5.91 Å². The highest BCUT2D eigenvalue weighted by molar-refractivity contribution is 6.14. The molecule has 1 N–H and O–H groups in total. The topological polar surface area (TPSA) is 50.7 Å². The van der Waals surface area contributed by atoms with Gasteiger partial charge in [0, 0.05) is 6.42 Å². The largest absolute Gasteiger partial charge is 0.496 e. The number of rotatable bonds is 4. The van der Waals surface area contributed by atoms with Crippen LogP contribution in [0.1, 0.15) is 16.7 Å². The van der Waals surface area contributed by atoms with Crippen LogP contribution in [-0.2, 0) is 11.2 Å². The Kier molecular flexibility index (Phi) is 4.24. The molecule has 0 bridgehead atoms. The zero-order valence-corrected chi connectivity index (χ0v) is 13.2. The zero-order chi connectivity index (χ0) is 16.2. The van der Waals surface area contributed by atoms with E-state index in [-0.39, 0.29) is 5.91 Å². The number of ether oxygens (including phenoxy) is 1. The summed E-state index contributed by atoms with van der Waals surface area (Å²) in [7, 11) is 1.64. The average molecular weight is 306 g/mol. The predicted octanol–water partition coefficient (Wildman–Crippen LogP) is 3.12. The fourth-order valence-electron chi connectivity index (χ4n) is 2.54. The van der Waals surface area contributed by atoms with Crippen LogP contribution in [0.25, 0.3) is 6.08 Å². The standard InChI is InChI=1S/C19H18N2O2/c1-13-10-15(8-9-17(13)23-2)11-16-19(22)21-18(20-16)12-14-6-4-3-5-7-14/h3-11H,12H2,1-2H3,(H,20,21,22)/b16-11+. The van der Waals surface area contributed by atoms with Gasteiger partial charge in [0.2, 0.25) is 0 Å². The van der Waals surface area contributed by atoms with Gasteiger partial charge >= 0.3 is 0 Å². The molecule has 0 atom stereocenters. The number of nitrogens with zero attached hydrogens (tertiary/aromatic N) is 1. The molecule has 23 heavy (non-hydrogen) atoms. The Morgan fingerprint density at radius 1 is 1.17 bits per heavy atom. The van der Waals surface area contributed by atoms with E-state index in [0.29, 0.717) is 18.0 Å². The Morgan fingerprint density at radius 2 is 1.96 bits per heavy atom. The molecule has 1 heterocycles. The maximum absolute atomic E-state index is 12.1. The average Bonchev–Trinajstić information content (AvgIpc) is 2.88. The van der Waals surface area contributed by atoms with Gasteiger partial charge in [0.1, 0.15) is 17.3 Å². The molecule has 0 aromatic heterocycles. The molecule has 3 rings (SSSR count). The second kappa shape index (κ2) is 6.48. The van der Waals surface area contributed by atoms with E-state index < -0.39 is 0 Å². The van der Waals surface area contributed by atoms with Crippen molar-refractivity contribution < 1.29 is 9.53 Å². The lowest BCUT2D eigenvalue weighted by Crippen LogP contribution is -2.25. The summed E-state index contributed by atoms with van der Waals surface area (Å²) >= 11 is 0. The summed E-state index contributed by atoms with van der Waals surface area (Å²) in [5, 5.41) is 2.83. The third kappa shape index (κ3) is 3.48. The minimum absolute atomic E-state index is 0.163. The van der Waals surface area contributed by atoms with Gasteiger partial charge in [-0.05, 0) is 41.8 Å². The van der Waals surface area contributed by atoms with Crippen molar-refractivity contribution in [3.63, 3.8) is 0 Å². The number of amides is 1. The van der Waals surface area contributed by atoms with Crippen molar-refractivity contribution in [2.45, 2.75) is 13.3 Å². The first-order chi connectivity index (χ1) is 11.2. The summed E-state index contributed by atoms with van der Waals surface area (Å²) < 4.78 is 5.25. The van der Waals surface area contributed by atoms with Crippen molar-refractivity contribution in [2.75, 3.05) is 7.11 Å². The Labute approximate surface area is 135 Å². The lowest BCUT2D eigenvalue weighted by atomic mass is 10.1. The van der Waals surface area contributed by atoms with Crippen LogP contribution in [0.4, 0.5) is 0 Å². The molecule has 0 aliphatic carbocycles. The van der Waals surface area contributed by atoms with Gasteiger partial charge in [-0.2, -0.15) is 0 Å². The molecule has 4 heteroatoms. The summed E-state index contributed by atoms with van der Waals surface area (Å²) in [4.78, 5) is 16.5. The van der Waals surface area contributed by atoms with Crippen molar-refractivity contribution in [1.82, 2.24) is 5.32 Å². The Hall–Kier alpha value is -2.88. The Balaban J connectivity index is 1.82. The van der Waals surface area contributed by atoms with Gasteiger partial charge in [-0.25, -0.2) is 4.99 Å². The second-order valence-electron chi connectivity index (χ2n) is 5.43. The summed E-state index contributed by atoms with van der Waals surface area (Å²) in [5.41, 5.74) is 3.50. The van der Waals surface area contributed by atoms with E-state index in [9.17, 15) is 4.79 Å². The molecule has 2 aromatic rings. The highest BCUT2D eigenvalue weighted by atomic mass is 16.5. The van der Waals surface area contributed by atoms with Crippen molar-refractivity contribution in [3.05, 3.63) is 70.9 Å². The van der Waals surface area contributed by atoms with Crippen LogP contribution in [0.2, 0.25) is 0 Å². The molecule has 1 aliphatic rings. The summed E-state index contributed by atoms with van der Waals surface area (Å²) in [6.45, 7) is 1.97. The molecule has 0 saturated heterocycles. The van der Waals surface area contributed by atoms with Gasteiger partial charge in [-0.15, -0.1) is 0 Å². The molecular formula is C19H18N2O2. The van der Waals surface area contributed by atoms with E-state index in [0.717, 1.165) is 22.4 Å². The minimum Gasteiger partial charge on any atom is -0.496 e. The quantitative estimate of drug-likeness (QED) is 0.882. The van der Waals surface area contributed by atoms with Crippen LogP contribution in [0.15, 0.2) is 59.2 Å². The van der Waals surface area contributed by atoms with Gasteiger partial charge in [0.15, 0.2) is 0 Å². The van der Waals surface area contributed by atoms with Gasteiger partial charge < -0.3 is 10.1 Å². The molecule has 2 aromatic carbocycles. The van der Waals surface area contributed by atoms with Crippen LogP contribution < -0.4 is 10.1 Å². The van der Waals surface area contributed by atoms with Crippen molar-refractivity contribution in [1.29, 1.82) is 0 Å². The number of amidine groups is 1. The first-order valence-corrected chi connectivity index (χ1v) is 7.45. The third-order valence-corrected chi connectivity index (χ3v) is 3.68. The number of methoxy groups -OCH3 is 1. The molecule has 0 spiro atoms. The van der Waals surface area contributed by atoms with Crippen LogP contribution in [-0.4, -0.2) is 18.9 Å². The Morgan fingerprint density at radius 3 is 2.65 bits per heavy atom. The monoisotopic (exact) mass is 306 g/mol. The van der Waals surface area contributed by atoms with Crippen LogP contribution in [0.5, 0.6) is 5.75 Å². The van der Waals surface area contributed by atoms with Gasteiger partial charge in [0.05, 0.1) is 7.11 Å². The fraction of sp³-hybridized carbons (Fsp3) is 0.158. The summed E-state index contributed by atoms with van der Waals surface area (Å²) in [6, 6.07) is 15.7. The van der Waals surface area contributed by atoms with Crippen molar-refractivity contribution in [3.8, 4) is 5.75 Å². The molecule has 0 fully saturated rings. The predicted molar refractivity (Wildman–Crippen MR) is 91.4 cm³/mol. The molecular weight excluding hydrogens is 288 g/mol. The number of hydrogen-bond donors (Lipinski definition) is 1. The lowest BCUT2D eigenvalue weighted by Gasteiger charge is -2.04. The van der Waals surface area contributed by atoms with E-state index in [1.54, 1.807) is 13.2 Å². The van der Waals surface area contributed by atoms with E-state index >= 15 is 0 Å². The summed E-state index contributed by atoms with van der Waals surface area (Å²) in [6.07, 6.45) is 2.41. The molecule has 0 saturated carbocycles. The zero-order valence-electron chi connectivity index (χ0n) is 13.2. The van der Waals surface area contributed by atoms with Crippen molar-refractivity contribution >= 4 is 17.8 Å². The van der Waals surface area contributed by atoms with Crippen LogP contribution in [0, 0.1) is 6.92 Å². The van der Waals surface area contributed by atoms with E-state index in [4.69, 9.17) is 4.74 Å². The van der Waals surface area contributed by atoms with Crippen molar-refractivity contribution in [2.24, 2.45) is 4.99 Å². The lowest BCUT2D eigenvalue weighted by molar-refractivity contribution is -0.115. The third-order valence-electron chi connectivity index (χ3n) is 3.68. The highest BCUT2D eigenvalue weighted by Gasteiger charge is 2.19. The van der Waals surface area contributed by atoms with E-state index in [1.165, 1.54) is 0 Å². The number of benzene rings is 2. The normalized spacial score (nSPS) is 15.5. The first-order valence-electron chi connectivity index (χ1n) is 7.45. The number of carbonyl (C=O) groups is 1. The molecule has 1 amide bonds. The van der Waals surface area contributed by atoms with E-state index in [2.05, 4.69) is 10.3 Å². The molecule has 116 valence electrons. The van der Waals surface area contributed by atoms with Crippen LogP contribution >= 0.6 is 0 Å². The number of aryl methyl sites for hydroxylation is 1. The fourth-order valence-corrected chi connectivity index (χ4v) is 2.54. The summed E-state index contributed by atoms with van der Waals surface area (Å²) in [5.74, 6) is 1.35. The second-order valence-corrected chi connectivity index (χ2v) is 5.43. The van der Waals surface area contributed by atoms with Crippen LogP contribution in [0.3, 0.4) is 0 Å². The maximum atomic E-state index is 12.1. The smallest absolute Gasteiger partial charge is 0.275 e. The maximum Gasteiger partial charge on any atom is 0.275 e. The van der Waals surface area contributed by atoms with Gasteiger partial charge in [-0.1, -0.05) is 36.4 Å². The molecule has 0 unspecified atom stereocenters. The van der Waals surface area contributed by atoms with E-state index in [1.807, 2.05) is 55.5 Å². The number of aliphatic imine (C=N–C) groups is 1. The number of nitrogens with one attached hydrogen (secondary N) is 1. The Bertz CT molecular complexity index is 792. The highest BCUT2D eigenvalue weighted by Crippen LogP contribution is 2.21.